The van der Waals surface area contributed by atoms with Crippen LogP contribution in [-0.2, 0) is 29.1 Å². The molecule has 11 nitrogen and oxygen atoms in total. The van der Waals surface area contributed by atoms with E-state index >= 15 is 0 Å². The number of aromatic nitrogens is 2. The number of esters is 1. The molecule has 0 spiro atoms. The van der Waals surface area contributed by atoms with Crippen molar-refractivity contribution in [3.63, 3.8) is 0 Å². The molecule has 44 heavy (non-hydrogen) atoms. The van der Waals surface area contributed by atoms with Gasteiger partial charge in [-0.2, -0.15) is 14.7 Å². The van der Waals surface area contributed by atoms with E-state index in [1.165, 1.54) is 16.4 Å². The fourth-order valence-electron chi connectivity index (χ4n) is 5.39. The van der Waals surface area contributed by atoms with E-state index in [0.29, 0.717) is 42.8 Å². The van der Waals surface area contributed by atoms with Gasteiger partial charge in [-0.3, -0.25) is 9.59 Å². The molecule has 5 rings (SSSR count). The number of nitrogens with one attached hydrogen (secondary N) is 1. The summed E-state index contributed by atoms with van der Waals surface area (Å²) < 4.78 is 41.0. The number of carbonyl (C=O) groups excluding carboxylic acids is 2. The van der Waals surface area contributed by atoms with Crippen molar-refractivity contribution >= 4 is 28.0 Å². The van der Waals surface area contributed by atoms with Gasteiger partial charge in [0.1, 0.15) is 17.3 Å². The summed E-state index contributed by atoms with van der Waals surface area (Å²) >= 11 is 0. The molecule has 12 heteroatoms. The zero-order valence-electron chi connectivity index (χ0n) is 24.5. The first-order valence-corrected chi connectivity index (χ1v) is 16.2. The average molecular weight is 618 g/mol. The van der Waals surface area contributed by atoms with Crippen molar-refractivity contribution in [1.29, 1.82) is 5.26 Å². The second-order valence-corrected chi connectivity index (χ2v) is 12.6. The molecule has 0 radical (unpaired) electrons. The number of amides is 1. The van der Waals surface area contributed by atoms with Crippen molar-refractivity contribution in [1.82, 2.24) is 19.4 Å². The monoisotopic (exact) mass is 617 g/mol. The molecule has 230 valence electrons. The van der Waals surface area contributed by atoms with Gasteiger partial charge in [0.05, 0.1) is 29.2 Å². The van der Waals surface area contributed by atoms with Gasteiger partial charge in [0.15, 0.2) is 0 Å². The minimum absolute atomic E-state index is 0.0732. The number of piperidine rings is 1. The average Bonchev–Trinajstić information content (AvgIpc) is 3.74. The van der Waals surface area contributed by atoms with Crippen LogP contribution in [-0.4, -0.2) is 73.3 Å². The molecular formula is C32H35N5O6S. The Balaban J connectivity index is 1.44. The molecule has 1 amide bonds. The Hall–Kier alpha value is -4.31. The summed E-state index contributed by atoms with van der Waals surface area (Å²) in [5, 5.41) is 17.4. The molecule has 2 fully saturated rings. The summed E-state index contributed by atoms with van der Waals surface area (Å²) in [7, 11) is -3.87. The second kappa shape index (κ2) is 14.0. The maximum absolute atomic E-state index is 13.6. The fourth-order valence-corrected chi connectivity index (χ4v) is 6.90. The largest absolute Gasteiger partial charge is 0.466 e. The lowest BCUT2D eigenvalue weighted by atomic mass is 9.98. The van der Waals surface area contributed by atoms with Crippen LogP contribution in [0, 0.1) is 17.2 Å². The summed E-state index contributed by atoms with van der Waals surface area (Å²) in [4.78, 5) is 25.2. The first-order valence-electron chi connectivity index (χ1n) is 14.7. The number of rotatable bonds is 10. The van der Waals surface area contributed by atoms with Gasteiger partial charge < -0.3 is 14.8 Å². The zero-order chi connectivity index (χ0) is 31.1. The van der Waals surface area contributed by atoms with E-state index in [4.69, 9.17) is 14.6 Å². The molecule has 1 unspecified atom stereocenters. The maximum atomic E-state index is 13.6. The van der Waals surface area contributed by atoms with Gasteiger partial charge in [-0.05, 0) is 62.9 Å². The second-order valence-electron chi connectivity index (χ2n) is 10.7. The molecule has 1 atom stereocenters. The predicted molar refractivity (Wildman–Crippen MR) is 163 cm³/mol. The smallest absolute Gasteiger partial charge is 0.309 e. The van der Waals surface area contributed by atoms with Crippen molar-refractivity contribution in [2.24, 2.45) is 5.92 Å². The Labute approximate surface area is 257 Å². The lowest BCUT2D eigenvalue weighted by Crippen LogP contribution is -2.40. The molecule has 0 aliphatic carbocycles. The third-order valence-electron chi connectivity index (χ3n) is 7.76. The predicted octanol–water partition coefficient (Wildman–Crippen LogP) is 3.71. The lowest BCUT2D eigenvalue weighted by molar-refractivity contribution is -0.149. The van der Waals surface area contributed by atoms with Crippen molar-refractivity contribution in [3.05, 3.63) is 71.9 Å². The Morgan fingerprint density at radius 3 is 2.59 bits per heavy atom. The van der Waals surface area contributed by atoms with E-state index in [1.54, 1.807) is 36.0 Å². The van der Waals surface area contributed by atoms with Gasteiger partial charge >= 0.3 is 5.97 Å². The first kappa shape index (κ1) is 31.1. The molecule has 3 aromatic rings. The first-order chi connectivity index (χ1) is 21.3. The highest BCUT2D eigenvalue weighted by atomic mass is 32.2. The number of benzene rings is 2. The van der Waals surface area contributed by atoms with Gasteiger partial charge in [-0.15, -0.1) is 0 Å². The number of hydrogen-bond acceptors (Lipinski definition) is 8. The number of nitrogens with zero attached hydrogens (tertiary/aromatic N) is 4. The van der Waals surface area contributed by atoms with E-state index in [-0.39, 0.29) is 48.2 Å². The Morgan fingerprint density at radius 1 is 1.14 bits per heavy atom. The van der Waals surface area contributed by atoms with E-state index < -0.39 is 15.9 Å². The molecule has 1 N–H and O–H groups in total. The number of nitriles is 1. The zero-order valence-corrected chi connectivity index (χ0v) is 25.3. The number of para-hydroxylation sites is 1. The molecule has 2 aromatic carbocycles. The van der Waals surface area contributed by atoms with Crippen LogP contribution < -0.4 is 5.32 Å². The summed E-state index contributed by atoms with van der Waals surface area (Å²) in [6.45, 7) is 3.42. The van der Waals surface area contributed by atoms with E-state index in [0.717, 1.165) is 18.5 Å². The van der Waals surface area contributed by atoms with Crippen molar-refractivity contribution in [3.8, 4) is 23.0 Å². The van der Waals surface area contributed by atoms with Gasteiger partial charge in [-0.25, -0.2) is 13.1 Å². The highest BCUT2D eigenvalue weighted by Crippen LogP contribution is 2.30. The fraction of sp³-hybridized carbons (Fsp3) is 0.375. The topological polar surface area (TPSA) is 144 Å². The van der Waals surface area contributed by atoms with E-state index in [1.807, 2.05) is 36.4 Å². The minimum atomic E-state index is -3.87. The number of sulfonamides is 1. The number of ether oxygens (including phenoxy) is 2. The molecule has 2 aliphatic heterocycles. The van der Waals surface area contributed by atoms with Crippen LogP contribution in [0.3, 0.4) is 0 Å². The van der Waals surface area contributed by atoms with Crippen LogP contribution in [0.25, 0.3) is 23.0 Å². The molecule has 2 aliphatic rings. The third-order valence-corrected chi connectivity index (χ3v) is 9.66. The summed E-state index contributed by atoms with van der Waals surface area (Å²) in [5.74, 6) is -1.14. The standard InChI is InChI=1S/C32H35N5O6S/c1-2-42-32(39)23-13-15-36(16-14-23)44(40,41)29-12-6-8-24(19-29)30-26(22-37(35-30)27-9-4-3-5-10-27)18-25(20-33)31(38)34-21-28-11-7-17-43-28/h3-6,8-10,12,18-19,22-23,28H,2,7,11,13-17,21H2,1H3,(H,34,38)/b25-18-. The molecule has 3 heterocycles. The van der Waals surface area contributed by atoms with Crippen LogP contribution in [0.15, 0.2) is 71.3 Å². The molecule has 0 bridgehead atoms. The molecule has 1 aromatic heterocycles. The van der Waals surface area contributed by atoms with Crippen molar-refractivity contribution < 1.29 is 27.5 Å². The Bertz CT molecular complexity index is 1660. The van der Waals surface area contributed by atoms with Crippen LogP contribution in [0.5, 0.6) is 0 Å². The van der Waals surface area contributed by atoms with E-state index in [2.05, 4.69) is 5.32 Å². The summed E-state index contributed by atoms with van der Waals surface area (Å²) in [5.41, 5.74) is 2.03. The summed E-state index contributed by atoms with van der Waals surface area (Å²) in [6, 6.07) is 17.8. The SMILES string of the molecule is CCOC(=O)C1CCN(S(=O)(=O)c2cccc(-c3nn(-c4ccccc4)cc3/C=C(/C#N)C(=O)NCC3CCCO3)c2)CC1. The number of hydrogen-bond donors (Lipinski definition) is 1. The van der Waals surface area contributed by atoms with Gasteiger partial charge in [0, 0.05) is 43.6 Å². The maximum Gasteiger partial charge on any atom is 0.309 e. The third kappa shape index (κ3) is 7.07. The van der Waals surface area contributed by atoms with Gasteiger partial charge in [0.25, 0.3) is 5.91 Å². The van der Waals surface area contributed by atoms with E-state index in [9.17, 15) is 23.3 Å². The lowest BCUT2D eigenvalue weighted by Gasteiger charge is -2.30. The van der Waals surface area contributed by atoms with Crippen LogP contribution in [0.1, 0.15) is 38.2 Å². The van der Waals surface area contributed by atoms with Crippen molar-refractivity contribution in [2.45, 2.75) is 43.6 Å². The van der Waals surface area contributed by atoms with Crippen LogP contribution in [0.2, 0.25) is 0 Å². The van der Waals surface area contributed by atoms with Crippen LogP contribution >= 0.6 is 0 Å². The quantitative estimate of drug-likeness (QED) is 0.206. The summed E-state index contributed by atoms with van der Waals surface area (Å²) in [6.07, 6.45) is 5.66. The normalized spacial score (nSPS) is 18.1. The Morgan fingerprint density at radius 2 is 1.91 bits per heavy atom. The highest BCUT2D eigenvalue weighted by Gasteiger charge is 2.33. The highest BCUT2D eigenvalue weighted by molar-refractivity contribution is 7.89. The van der Waals surface area contributed by atoms with Gasteiger partial charge in [0.2, 0.25) is 10.0 Å². The Kier molecular flexibility index (Phi) is 9.89. The molecule has 2 saturated heterocycles. The molecular weight excluding hydrogens is 582 g/mol. The van der Waals surface area contributed by atoms with Gasteiger partial charge in [-0.1, -0.05) is 30.3 Å². The number of carbonyl (C=O) groups is 2. The molecule has 0 saturated carbocycles. The van der Waals surface area contributed by atoms with Crippen LogP contribution in [0.4, 0.5) is 0 Å². The minimum Gasteiger partial charge on any atom is -0.466 e. The van der Waals surface area contributed by atoms with Crippen molar-refractivity contribution in [2.75, 3.05) is 32.8 Å².